The van der Waals surface area contributed by atoms with Crippen molar-refractivity contribution in [3.63, 3.8) is 0 Å². The number of fused-ring (bicyclic) bond motifs is 1. The molecule has 0 aromatic heterocycles. The van der Waals surface area contributed by atoms with E-state index in [4.69, 9.17) is 0 Å². The summed E-state index contributed by atoms with van der Waals surface area (Å²) >= 11 is 0. The van der Waals surface area contributed by atoms with Gasteiger partial charge in [0.15, 0.2) is 0 Å². The first kappa shape index (κ1) is 27.3. The van der Waals surface area contributed by atoms with E-state index >= 15 is 0 Å². The van der Waals surface area contributed by atoms with Crippen molar-refractivity contribution in [1.29, 1.82) is 0 Å². The van der Waals surface area contributed by atoms with Gasteiger partial charge in [0.05, 0.1) is 16.1 Å². The van der Waals surface area contributed by atoms with Crippen LogP contribution in [0.1, 0.15) is 16.7 Å². The first-order valence-electron chi connectivity index (χ1n) is 12.5. The molecular weight excluding hydrogens is 539 g/mol. The van der Waals surface area contributed by atoms with Gasteiger partial charge in [-0.05, 0) is 58.7 Å². The third kappa shape index (κ3) is 5.27. The minimum absolute atomic E-state index is 0.0711. The van der Waals surface area contributed by atoms with Gasteiger partial charge >= 0.3 is 6.18 Å². The van der Waals surface area contributed by atoms with E-state index in [0.29, 0.717) is 16.8 Å². The predicted molar refractivity (Wildman–Crippen MR) is 148 cm³/mol. The average molecular weight is 566 g/mol. The maximum absolute atomic E-state index is 13.9. The SMILES string of the molecule is CNc1ccccc1CNC(=O)[C@@H]1Cc2ccccc2N1S(=O)(=O)c1ccc(-c2cccc(C(F)(F)F)c2)cc1. The van der Waals surface area contributed by atoms with Crippen LogP contribution in [0, 0.1) is 0 Å². The van der Waals surface area contributed by atoms with E-state index in [1.165, 1.54) is 36.4 Å². The summed E-state index contributed by atoms with van der Waals surface area (Å²) in [6.07, 6.45) is -4.29. The maximum Gasteiger partial charge on any atom is 0.416 e. The summed E-state index contributed by atoms with van der Waals surface area (Å²) in [6.45, 7) is 0.211. The smallest absolute Gasteiger partial charge is 0.388 e. The van der Waals surface area contributed by atoms with Crippen molar-refractivity contribution in [2.75, 3.05) is 16.7 Å². The molecule has 0 saturated carbocycles. The Hall–Kier alpha value is -4.31. The van der Waals surface area contributed by atoms with Gasteiger partial charge in [0.1, 0.15) is 6.04 Å². The predicted octanol–water partition coefficient (Wildman–Crippen LogP) is 5.85. The summed E-state index contributed by atoms with van der Waals surface area (Å²) in [5.41, 5.74) is 2.80. The van der Waals surface area contributed by atoms with Gasteiger partial charge in [0.2, 0.25) is 5.91 Å². The minimum Gasteiger partial charge on any atom is -0.388 e. The number of anilines is 2. The molecule has 5 rings (SSSR count). The lowest BCUT2D eigenvalue weighted by molar-refractivity contribution is -0.137. The number of carbonyl (C=O) groups excluding carboxylic acids is 1. The zero-order chi connectivity index (χ0) is 28.5. The van der Waals surface area contributed by atoms with Crippen LogP contribution in [0.5, 0.6) is 0 Å². The first-order chi connectivity index (χ1) is 19.1. The summed E-state index contributed by atoms with van der Waals surface area (Å²) in [5.74, 6) is -0.439. The summed E-state index contributed by atoms with van der Waals surface area (Å²) in [7, 11) is -2.41. The maximum atomic E-state index is 13.9. The number of carbonyl (C=O) groups is 1. The van der Waals surface area contributed by atoms with Crippen LogP contribution in [-0.4, -0.2) is 27.4 Å². The molecule has 0 saturated heterocycles. The largest absolute Gasteiger partial charge is 0.416 e. The zero-order valence-electron chi connectivity index (χ0n) is 21.4. The van der Waals surface area contributed by atoms with Gasteiger partial charge in [0.25, 0.3) is 10.0 Å². The number of sulfonamides is 1. The van der Waals surface area contributed by atoms with Gasteiger partial charge < -0.3 is 10.6 Å². The highest BCUT2D eigenvalue weighted by atomic mass is 32.2. The fourth-order valence-corrected chi connectivity index (χ4v) is 6.53. The monoisotopic (exact) mass is 565 g/mol. The lowest BCUT2D eigenvalue weighted by atomic mass is 10.0. The van der Waals surface area contributed by atoms with Gasteiger partial charge in [-0.3, -0.25) is 9.10 Å². The molecule has 6 nitrogen and oxygen atoms in total. The van der Waals surface area contributed by atoms with E-state index in [2.05, 4.69) is 10.6 Å². The van der Waals surface area contributed by atoms with Crippen LogP contribution in [-0.2, 0) is 34.0 Å². The highest BCUT2D eigenvalue weighted by Crippen LogP contribution is 2.38. The van der Waals surface area contributed by atoms with Gasteiger partial charge in [-0.2, -0.15) is 13.2 Å². The minimum atomic E-state index is -4.49. The molecule has 1 aliphatic rings. The highest BCUT2D eigenvalue weighted by Gasteiger charge is 2.42. The molecule has 4 aromatic rings. The number of amides is 1. The van der Waals surface area contributed by atoms with Crippen LogP contribution in [0.4, 0.5) is 24.5 Å². The van der Waals surface area contributed by atoms with Crippen molar-refractivity contribution >= 4 is 27.3 Å². The number of nitrogens with zero attached hydrogens (tertiary/aromatic N) is 1. The van der Waals surface area contributed by atoms with Crippen LogP contribution >= 0.6 is 0 Å². The quantitative estimate of drug-likeness (QED) is 0.295. The molecule has 40 heavy (non-hydrogen) atoms. The zero-order valence-corrected chi connectivity index (χ0v) is 22.3. The van der Waals surface area contributed by atoms with E-state index in [1.54, 1.807) is 31.3 Å². The Bertz CT molecular complexity index is 1650. The number of para-hydroxylation sites is 2. The van der Waals surface area contributed by atoms with Crippen LogP contribution in [0.15, 0.2) is 102 Å². The second kappa shape index (κ2) is 10.7. The number of hydrogen-bond acceptors (Lipinski definition) is 4. The molecule has 0 bridgehead atoms. The van der Waals surface area contributed by atoms with E-state index in [9.17, 15) is 26.4 Å². The summed E-state index contributed by atoms with van der Waals surface area (Å²) in [5, 5.41) is 5.95. The average Bonchev–Trinajstić information content (AvgIpc) is 3.36. The molecule has 1 atom stereocenters. The Labute approximate surface area is 230 Å². The standard InChI is InChI=1S/C30H26F3N3O3S/c1-34-26-11-4-2-8-23(26)19-35-29(37)28-18-22-7-3-5-12-27(22)36(28)40(38,39)25-15-13-20(14-16-25)21-9-6-10-24(17-21)30(31,32)33/h2-17,28,34H,18-19H2,1H3,(H,35,37)/t28-/m0/s1. The Balaban J connectivity index is 1.43. The molecule has 10 heteroatoms. The van der Waals surface area contributed by atoms with Gasteiger partial charge in [-0.25, -0.2) is 8.42 Å². The summed E-state index contributed by atoms with van der Waals surface area (Å²) < 4.78 is 68.5. The summed E-state index contributed by atoms with van der Waals surface area (Å²) in [4.78, 5) is 13.3. The molecule has 0 aliphatic carbocycles. The van der Waals surface area contributed by atoms with Crippen LogP contribution in [0.2, 0.25) is 0 Å². The van der Waals surface area contributed by atoms with E-state index < -0.39 is 33.7 Å². The Morgan fingerprint density at radius 2 is 1.60 bits per heavy atom. The Kier molecular flexibility index (Phi) is 7.29. The number of rotatable bonds is 7. The molecule has 0 radical (unpaired) electrons. The highest BCUT2D eigenvalue weighted by molar-refractivity contribution is 7.93. The molecule has 1 amide bonds. The Morgan fingerprint density at radius 1 is 0.900 bits per heavy atom. The van der Waals surface area contributed by atoms with Crippen molar-refractivity contribution in [2.45, 2.75) is 30.1 Å². The summed E-state index contributed by atoms with van der Waals surface area (Å²) in [6, 6.07) is 23.9. The number of alkyl halides is 3. The molecule has 206 valence electrons. The molecule has 0 spiro atoms. The van der Waals surface area contributed by atoms with Gasteiger partial charge in [-0.15, -0.1) is 0 Å². The van der Waals surface area contributed by atoms with Gasteiger partial charge in [-0.1, -0.05) is 60.7 Å². The second-order valence-corrected chi connectivity index (χ2v) is 11.2. The number of benzene rings is 4. The molecule has 0 unspecified atom stereocenters. The van der Waals surface area contributed by atoms with Crippen LogP contribution < -0.4 is 14.9 Å². The molecule has 4 aromatic carbocycles. The van der Waals surface area contributed by atoms with Crippen LogP contribution in [0.25, 0.3) is 11.1 Å². The third-order valence-electron chi connectivity index (χ3n) is 6.90. The van der Waals surface area contributed by atoms with E-state index in [1.807, 2.05) is 24.3 Å². The van der Waals surface area contributed by atoms with Crippen molar-refractivity contribution in [3.05, 3.63) is 114 Å². The molecule has 2 N–H and O–H groups in total. The van der Waals surface area contributed by atoms with Crippen molar-refractivity contribution in [1.82, 2.24) is 5.32 Å². The molecule has 0 fully saturated rings. The molecule has 1 aliphatic heterocycles. The lowest BCUT2D eigenvalue weighted by Gasteiger charge is -2.26. The fraction of sp³-hybridized carbons (Fsp3) is 0.167. The van der Waals surface area contributed by atoms with E-state index in [0.717, 1.165) is 33.3 Å². The Morgan fingerprint density at radius 3 is 2.33 bits per heavy atom. The first-order valence-corrected chi connectivity index (χ1v) is 14.0. The van der Waals surface area contributed by atoms with Crippen molar-refractivity contribution < 1.29 is 26.4 Å². The van der Waals surface area contributed by atoms with Crippen molar-refractivity contribution in [3.8, 4) is 11.1 Å². The fourth-order valence-electron chi connectivity index (χ4n) is 4.88. The topological polar surface area (TPSA) is 78.5 Å². The lowest BCUT2D eigenvalue weighted by Crippen LogP contribution is -2.47. The van der Waals surface area contributed by atoms with Crippen LogP contribution in [0.3, 0.4) is 0 Å². The van der Waals surface area contributed by atoms with Crippen molar-refractivity contribution in [2.24, 2.45) is 0 Å². The molecule has 1 heterocycles. The number of nitrogens with one attached hydrogen (secondary N) is 2. The van der Waals surface area contributed by atoms with E-state index in [-0.39, 0.29) is 17.9 Å². The third-order valence-corrected chi connectivity index (χ3v) is 8.74. The normalized spacial score (nSPS) is 15.0. The second-order valence-electron chi connectivity index (χ2n) is 9.38. The van der Waals surface area contributed by atoms with Gasteiger partial charge in [0, 0.05) is 25.7 Å². The number of halogens is 3. The number of hydrogen-bond donors (Lipinski definition) is 2. The molecular formula is C30H26F3N3O3S.